The first-order chi connectivity index (χ1) is 12.2. The van der Waals surface area contributed by atoms with Gasteiger partial charge in [-0.15, -0.1) is 0 Å². The topological polar surface area (TPSA) is 77.9 Å². The van der Waals surface area contributed by atoms with E-state index in [4.69, 9.17) is 9.94 Å². The summed E-state index contributed by atoms with van der Waals surface area (Å²) < 4.78 is 5.88. The number of ether oxygens (including phenoxy) is 1. The molecular formula is C19H21N3O3. The normalized spacial score (nSPS) is 35.2. The van der Waals surface area contributed by atoms with Crippen molar-refractivity contribution in [3.05, 3.63) is 36.0 Å². The molecule has 25 heavy (non-hydrogen) atoms. The smallest absolute Gasteiger partial charge is 0.340 e. The van der Waals surface area contributed by atoms with Crippen molar-refractivity contribution in [3.8, 4) is 0 Å². The van der Waals surface area contributed by atoms with E-state index >= 15 is 0 Å². The lowest BCUT2D eigenvalue weighted by Crippen LogP contribution is -2.63. The number of carbonyl (C=O) groups is 1. The average Bonchev–Trinajstić information content (AvgIpc) is 3.05. The van der Waals surface area contributed by atoms with Gasteiger partial charge in [-0.2, -0.15) is 0 Å². The highest BCUT2D eigenvalue weighted by atomic mass is 16.5. The number of aromatic amines is 1. The SMILES string of the molecule is O=C(OC1CC2CC3CC(C1)N2CC3=NO)c1c[nH]c2ccccc12. The number of rotatable bonds is 2. The van der Waals surface area contributed by atoms with E-state index in [9.17, 15) is 4.79 Å². The van der Waals surface area contributed by atoms with Crippen LogP contribution in [0.15, 0.2) is 35.6 Å². The van der Waals surface area contributed by atoms with Gasteiger partial charge in [0, 0.05) is 54.5 Å². The first kappa shape index (κ1) is 15.0. The fraction of sp³-hybridized carbons (Fsp3) is 0.474. The number of aromatic nitrogens is 1. The molecule has 0 radical (unpaired) electrons. The van der Waals surface area contributed by atoms with E-state index in [0.29, 0.717) is 23.6 Å². The van der Waals surface area contributed by atoms with E-state index in [1.54, 1.807) is 6.20 Å². The number of oxime groups is 1. The minimum absolute atomic E-state index is 0.0269. The van der Waals surface area contributed by atoms with E-state index in [1.165, 1.54) is 0 Å². The van der Waals surface area contributed by atoms with Crippen LogP contribution in [0.5, 0.6) is 0 Å². The molecule has 5 heterocycles. The third-order valence-corrected chi connectivity index (χ3v) is 6.15. The van der Waals surface area contributed by atoms with Gasteiger partial charge in [-0.3, -0.25) is 4.90 Å². The highest BCUT2D eigenvalue weighted by Gasteiger charge is 2.48. The first-order valence-electron chi connectivity index (χ1n) is 8.96. The molecule has 4 fully saturated rings. The first-order valence-corrected chi connectivity index (χ1v) is 8.96. The number of benzene rings is 1. The second kappa shape index (κ2) is 5.59. The van der Waals surface area contributed by atoms with Gasteiger partial charge in [0.05, 0.1) is 11.3 Å². The molecule has 4 bridgehead atoms. The van der Waals surface area contributed by atoms with Crippen molar-refractivity contribution in [1.82, 2.24) is 9.88 Å². The Morgan fingerprint density at radius 2 is 1.96 bits per heavy atom. The summed E-state index contributed by atoms with van der Waals surface area (Å²) in [5.74, 6) is 0.162. The summed E-state index contributed by atoms with van der Waals surface area (Å²) in [6.45, 7) is 0.764. The van der Waals surface area contributed by atoms with Crippen LogP contribution in [-0.4, -0.2) is 51.5 Å². The zero-order valence-electron chi connectivity index (χ0n) is 13.9. The summed E-state index contributed by atoms with van der Waals surface area (Å²) in [4.78, 5) is 18.2. The van der Waals surface area contributed by atoms with Crippen LogP contribution in [-0.2, 0) is 4.74 Å². The minimum atomic E-state index is -0.236. The van der Waals surface area contributed by atoms with Crippen LogP contribution in [0.1, 0.15) is 36.0 Å². The molecule has 6 heteroatoms. The minimum Gasteiger partial charge on any atom is -0.459 e. The molecule has 2 unspecified atom stereocenters. The number of hydrogen-bond donors (Lipinski definition) is 2. The van der Waals surface area contributed by atoms with E-state index < -0.39 is 0 Å². The largest absolute Gasteiger partial charge is 0.459 e. The molecule has 0 amide bonds. The fourth-order valence-electron chi connectivity index (χ4n) is 5.00. The zero-order chi connectivity index (χ0) is 17.0. The van der Waals surface area contributed by atoms with Crippen LogP contribution in [0.2, 0.25) is 0 Å². The molecule has 1 aromatic carbocycles. The molecule has 2 aromatic rings. The molecule has 6 rings (SSSR count). The van der Waals surface area contributed by atoms with Crippen molar-refractivity contribution in [3.63, 3.8) is 0 Å². The highest BCUT2D eigenvalue weighted by molar-refractivity contribution is 6.04. The third kappa shape index (κ3) is 2.35. The summed E-state index contributed by atoms with van der Waals surface area (Å²) >= 11 is 0. The van der Waals surface area contributed by atoms with Gasteiger partial charge in [0.15, 0.2) is 0 Å². The molecule has 4 aliphatic rings. The summed E-state index contributed by atoms with van der Waals surface area (Å²) in [5, 5.41) is 13.5. The standard InChI is InChI=1S/C19H21N3O3/c23-19(16-9-20-17-4-2-1-3-15(16)17)25-14-7-12-5-11-6-13(8-14)22(12)10-18(11)21-24/h1-4,9,11-14,20,24H,5-8,10H2. The van der Waals surface area contributed by atoms with Crippen LogP contribution < -0.4 is 0 Å². The number of nitrogens with one attached hydrogen (secondary N) is 1. The number of piperidine rings is 4. The maximum atomic E-state index is 12.7. The number of nitrogens with zero attached hydrogens (tertiary/aromatic N) is 2. The van der Waals surface area contributed by atoms with E-state index in [0.717, 1.165) is 48.8 Å². The van der Waals surface area contributed by atoms with Crippen LogP contribution in [0, 0.1) is 5.92 Å². The molecule has 130 valence electrons. The van der Waals surface area contributed by atoms with Gasteiger partial charge in [0.1, 0.15) is 6.10 Å². The predicted octanol–water partition coefficient (Wildman–Crippen LogP) is 2.78. The van der Waals surface area contributed by atoms with Crippen molar-refractivity contribution in [2.24, 2.45) is 11.1 Å². The number of fused-ring (bicyclic) bond motifs is 2. The Kier molecular flexibility index (Phi) is 3.35. The van der Waals surface area contributed by atoms with Crippen molar-refractivity contribution in [2.45, 2.75) is 43.9 Å². The number of H-pyrrole nitrogens is 1. The lowest BCUT2D eigenvalue weighted by atomic mass is 9.71. The van der Waals surface area contributed by atoms with E-state index in [2.05, 4.69) is 15.0 Å². The zero-order valence-corrected chi connectivity index (χ0v) is 13.9. The molecule has 0 aliphatic carbocycles. The summed E-state index contributed by atoms with van der Waals surface area (Å²) in [5.41, 5.74) is 2.49. The van der Waals surface area contributed by atoms with E-state index in [-0.39, 0.29) is 12.1 Å². The van der Waals surface area contributed by atoms with E-state index in [1.807, 2.05) is 24.3 Å². The van der Waals surface area contributed by atoms with Crippen molar-refractivity contribution >= 4 is 22.6 Å². The lowest BCUT2D eigenvalue weighted by Gasteiger charge is -2.55. The highest BCUT2D eigenvalue weighted by Crippen LogP contribution is 2.42. The van der Waals surface area contributed by atoms with Crippen LogP contribution in [0.4, 0.5) is 0 Å². The van der Waals surface area contributed by atoms with Crippen LogP contribution >= 0.6 is 0 Å². The average molecular weight is 339 g/mol. The predicted molar refractivity (Wildman–Crippen MR) is 93.0 cm³/mol. The molecule has 0 saturated carbocycles. The molecule has 1 aromatic heterocycles. The van der Waals surface area contributed by atoms with Gasteiger partial charge in [0.25, 0.3) is 0 Å². The summed E-state index contributed by atoms with van der Waals surface area (Å²) in [6, 6.07) is 8.65. The molecule has 4 saturated heterocycles. The molecule has 4 aliphatic heterocycles. The molecule has 6 nitrogen and oxygen atoms in total. The summed E-state index contributed by atoms with van der Waals surface area (Å²) in [7, 11) is 0. The Morgan fingerprint density at radius 1 is 1.20 bits per heavy atom. The van der Waals surface area contributed by atoms with Crippen molar-refractivity contribution < 1.29 is 14.7 Å². The maximum Gasteiger partial charge on any atom is 0.340 e. The number of para-hydroxylation sites is 1. The Labute approximate surface area is 145 Å². The Balaban J connectivity index is 1.31. The Morgan fingerprint density at radius 3 is 2.68 bits per heavy atom. The summed E-state index contributed by atoms with van der Waals surface area (Å²) in [6.07, 6.45) is 5.49. The Bertz CT molecular complexity index is 842. The van der Waals surface area contributed by atoms with Gasteiger partial charge >= 0.3 is 5.97 Å². The van der Waals surface area contributed by atoms with Gasteiger partial charge in [-0.05, 0) is 18.9 Å². The van der Waals surface area contributed by atoms with Crippen LogP contribution in [0.25, 0.3) is 10.9 Å². The quantitative estimate of drug-likeness (QED) is 0.501. The second-order valence-corrected chi connectivity index (χ2v) is 7.49. The number of carbonyl (C=O) groups excluding carboxylic acids is 1. The number of esters is 1. The second-order valence-electron chi connectivity index (χ2n) is 7.49. The van der Waals surface area contributed by atoms with Gasteiger partial charge in [-0.25, -0.2) is 4.79 Å². The fourth-order valence-corrected chi connectivity index (χ4v) is 5.00. The molecule has 0 spiro atoms. The van der Waals surface area contributed by atoms with Gasteiger partial charge in [-0.1, -0.05) is 23.4 Å². The molecule has 2 N–H and O–H groups in total. The van der Waals surface area contributed by atoms with Gasteiger partial charge < -0.3 is 14.9 Å². The number of hydrogen-bond acceptors (Lipinski definition) is 5. The lowest BCUT2D eigenvalue weighted by molar-refractivity contribution is -0.0528. The van der Waals surface area contributed by atoms with Crippen molar-refractivity contribution in [2.75, 3.05) is 6.54 Å². The molecule has 2 atom stereocenters. The third-order valence-electron chi connectivity index (χ3n) is 6.15. The van der Waals surface area contributed by atoms with Crippen molar-refractivity contribution in [1.29, 1.82) is 0 Å². The van der Waals surface area contributed by atoms with Gasteiger partial charge in [0.2, 0.25) is 0 Å². The Hall–Kier alpha value is -2.34. The molecular weight excluding hydrogens is 318 g/mol. The monoisotopic (exact) mass is 339 g/mol. The van der Waals surface area contributed by atoms with Crippen LogP contribution in [0.3, 0.4) is 0 Å². The maximum absolute atomic E-state index is 12.7.